The van der Waals surface area contributed by atoms with Gasteiger partial charge in [-0.25, -0.2) is 14.2 Å². The van der Waals surface area contributed by atoms with Gasteiger partial charge in [-0.15, -0.1) is 5.10 Å². The molecule has 1 fully saturated rings. The molecule has 0 spiro atoms. The summed E-state index contributed by atoms with van der Waals surface area (Å²) in [6, 6.07) is 10.2. The van der Waals surface area contributed by atoms with Crippen LogP contribution in [0.25, 0.3) is 16.8 Å². The molecule has 1 unspecified atom stereocenters. The Balaban J connectivity index is 1.35. The van der Waals surface area contributed by atoms with Crippen molar-refractivity contribution in [2.45, 2.75) is 12.6 Å². The standard InChI is InChI=1S/C19H20N8O/c1-25-19(22-23-24-25)17-13-26(7-8-28-17)11-14-9-20-18-16(10-21-27(18)12-14)15-5-3-2-4-6-15/h2-6,9-10,12,17H,7-8,11,13H2,1H3. The molecule has 0 bridgehead atoms. The number of morpholine rings is 1. The average molecular weight is 376 g/mol. The lowest BCUT2D eigenvalue weighted by atomic mass is 10.1. The molecule has 4 aromatic rings. The predicted molar refractivity (Wildman–Crippen MR) is 101 cm³/mol. The van der Waals surface area contributed by atoms with Gasteiger partial charge in [-0.05, 0) is 16.0 Å². The Kier molecular flexibility index (Phi) is 4.30. The maximum absolute atomic E-state index is 5.86. The molecule has 0 amide bonds. The van der Waals surface area contributed by atoms with Gasteiger partial charge in [0.25, 0.3) is 0 Å². The van der Waals surface area contributed by atoms with E-state index in [0.717, 1.165) is 47.8 Å². The van der Waals surface area contributed by atoms with Crippen molar-refractivity contribution in [2.75, 3.05) is 19.7 Å². The fourth-order valence-corrected chi connectivity index (χ4v) is 3.59. The van der Waals surface area contributed by atoms with Crippen molar-refractivity contribution in [3.8, 4) is 11.1 Å². The minimum absolute atomic E-state index is 0.125. The highest BCUT2D eigenvalue weighted by Gasteiger charge is 2.26. The Morgan fingerprint density at radius 1 is 1.18 bits per heavy atom. The summed E-state index contributed by atoms with van der Waals surface area (Å²) in [5.41, 5.74) is 4.12. The van der Waals surface area contributed by atoms with E-state index in [1.807, 2.05) is 48.4 Å². The van der Waals surface area contributed by atoms with Crippen molar-refractivity contribution < 1.29 is 4.74 Å². The molecule has 9 heteroatoms. The topological polar surface area (TPSA) is 86.3 Å². The van der Waals surface area contributed by atoms with Gasteiger partial charge in [-0.2, -0.15) is 5.10 Å². The molecule has 0 saturated carbocycles. The number of aromatic nitrogens is 7. The van der Waals surface area contributed by atoms with Crippen LogP contribution in [-0.2, 0) is 18.3 Å². The first-order valence-electron chi connectivity index (χ1n) is 9.22. The van der Waals surface area contributed by atoms with Crippen molar-refractivity contribution in [1.82, 2.24) is 39.7 Å². The maximum atomic E-state index is 5.86. The summed E-state index contributed by atoms with van der Waals surface area (Å²) in [4.78, 5) is 7.00. The Morgan fingerprint density at radius 2 is 2.07 bits per heavy atom. The Labute approximate surface area is 161 Å². The second kappa shape index (κ2) is 7.10. The third-order valence-electron chi connectivity index (χ3n) is 4.99. The third-order valence-corrected chi connectivity index (χ3v) is 4.99. The van der Waals surface area contributed by atoms with E-state index in [0.29, 0.717) is 6.61 Å². The van der Waals surface area contributed by atoms with Gasteiger partial charge in [0.05, 0.1) is 12.8 Å². The Hall–Kier alpha value is -3.17. The molecular weight excluding hydrogens is 356 g/mol. The highest BCUT2D eigenvalue weighted by molar-refractivity contribution is 5.76. The predicted octanol–water partition coefficient (Wildman–Crippen LogP) is 1.49. The second-order valence-corrected chi connectivity index (χ2v) is 6.91. The van der Waals surface area contributed by atoms with Gasteiger partial charge in [-0.1, -0.05) is 30.3 Å². The van der Waals surface area contributed by atoms with Crippen LogP contribution in [0.1, 0.15) is 17.5 Å². The van der Waals surface area contributed by atoms with Crippen LogP contribution in [0.15, 0.2) is 48.9 Å². The number of aryl methyl sites for hydroxylation is 1. The number of tetrazole rings is 1. The summed E-state index contributed by atoms with van der Waals surface area (Å²) in [6.45, 7) is 3.01. The van der Waals surface area contributed by atoms with E-state index in [9.17, 15) is 0 Å². The molecule has 4 heterocycles. The number of nitrogens with zero attached hydrogens (tertiary/aromatic N) is 8. The molecule has 0 radical (unpaired) electrons. The van der Waals surface area contributed by atoms with Crippen molar-refractivity contribution in [3.63, 3.8) is 0 Å². The fourth-order valence-electron chi connectivity index (χ4n) is 3.59. The van der Waals surface area contributed by atoms with Crippen molar-refractivity contribution >= 4 is 5.65 Å². The summed E-state index contributed by atoms with van der Waals surface area (Å²) in [5, 5.41) is 16.2. The molecule has 0 N–H and O–H groups in total. The zero-order valence-corrected chi connectivity index (χ0v) is 15.5. The van der Waals surface area contributed by atoms with Crippen molar-refractivity contribution in [2.24, 2.45) is 7.05 Å². The number of hydrogen-bond acceptors (Lipinski definition) is 7. The molecule has 1 saturated heterocycles. The molecule has 9 nitrogen and oxygen atoms in total. The zero-order valence-electron chi connectivity index (χ0n) is 15.5. The number of rotatable bonds is 4. The first-order valence-corrected chi connectivity index (χ1v) is 9.22. The minimum Gasteiger partial charge on any atom is -0.367 e. The summed E-state index contributed by atoms with van der Waals surface area (Å²) < 4.78 is 9.37. The molecule has 1 atom stereocenters. The lowest BCUT2D eigenvalue weighted by Gasteiger charge is -2.31. The summed E-state index contributed by atoms with van der Waals surface area (Å²) in [7, 11) is 1.83. The summed E-state index contributed by atoms with van der Waals surface area (Å²) >= 11 is 0. The maximum Gasteiger partial charge on any atom is 0.181 e. The van der Waals surface area contributed by atoms with Crippen molar-refractivity contribution in [1.29, 1.82) is 0 Å². The van der Waals surface area contributed by atoms with Crippen LogP contribution in [0.2, 0.25) is 0 Å². The van der Waals surface area contributed by atoms with E-state index in [4.69, 9.17) is 4.74 Å². The fraction of sp³-hybridized carbons (Fsp3) is 0.316. The molecule has 0 aliphatic carbocycles. The van der Waals surface area contributed by atoms with Crippen LogP contribution < -0.4 is 0 Å². The third kappa shape index (κ3) is 3.14. The highest BCUT2D eigenvalue weighted by atomic mass is 16.5. The van der Waals surface area contributed by atoms with Gasteiger partial charge in [-0.3, -0.25) is 4.90 Å². The molecule has 3 aromatic heterocycles. The van der Waals surface area contributed by atoms with Gasteiger partial charge < -0.3 is 4.74 Å². The SMILES string of the molecule is Cn1nnnc1C1CN(Cc2cnc3c(-c4ccccc4)cnn3c2)CCO1. The number of fused-ring (bicyclic) bond motifs is 1. The molecule has 142 valence electrons. The van der Waals surface area contributed by atoms with Crippen molar-refractivity contribution in [3.05, 3.63) is 60.3 Å². The quantitative estimate of drug-likeness (QED) is 0.533. The molecule has 1 aromatic carbocycles. The normalized spacial score (nSPS) is 18.0. The Morgan fingerprint density at radius 3 is 2.89 bits per heavy atom. The Bertz CT molecular complexity index is 1090. The van der Waals surface area contributed by atoms with Gasteiger partial charge in [0, 0.05) is 50.2 Å². The summed E-state index contributed by atoms with van der Waals surface area (Å²) in [5.74, 6) is 0.748. The highest BCUT2D eigenvalue weighted by Crippen LogP contribution is 2.24. The minimum atomic E-state index is -0.125. The zero-order chi connectivity index (χ0) is 18.9. The van der Waals surface area contributed by atoms with E-state index in [2.05, 4.69) is 42.6 Å². The molecule has 28 heavy (non-hydrogen) atoms. The summed E-state index contributed by atoms with van der Waals surface area (Å²) in [6.07, 6.45) is 5.72. The molecular formula is C19H20N8O. The second-order valence-electron chi connectivity index (χ2n) is 6.91. The molecule has 5 rings (SSSR count). The van der Waals surface area contributed by atoms with Crippen LogP contribution in [0.4, 0.5) is 0 Å². The number of benzene rings is 1. The smallest absolute Gasteiger partial charge is 0.181 e. The van der Waals surface area contributed by atoms with Gasteiger partial charge in [0.1, 0.15) is 6.10 Å². The van der Waals surface area contributed by atoms with Crippen LogP contribution >= 0.6 is 0 Å². The molecule has 1 aliphatic heterocycles. The average Bonchev–Trinajstić information content (AvgIpc) is 3.35. The first kappa shape index (κ1) is 17.0. The monoisotopic (exact) mass is 376 g/mol. The number of hydrogen-bond donors (Lipinski definition) is 0. The van der Waals surface area contributed by atoms with E-state index >= 15 is 0 Å². The lowest BCUT2D eigenvalue weighted by molar-refractivity contribution is -0.0389. The van der Waals surface area contributed by atoms with Crippen LogP contribution in [0, 0.1) is 0 Å². The number of ether oxygens (including phenoxy) is 1. The van der Waals surface area contributed by atoms with E-state index < -0.39 is 0 Å². The first-order chi connectivity index (χ1) is 13.8. The van der Waals surface area contributed by atoms with Crippen LogP contribution in [-0.4, -0.2) is 59.4 Å². The van der Waals surface area contributed by atoms with Gasteiger partial charge in [0.2, 0.25) is 0 Å². The van der Waals surface area contributed by atoms with Gasteiger partial charge >= 0.3 is 0 Å². The molecule has 1 aliphatic rings. The van der Waals surface area contributed by atoms with E-state index in [1.165, 1.54) is 0 Å². The lowest BCUT2D eigenvalue weighted by Crippen LogP contribution is -2.38. The van der Waals surface area contributed by atoms with E-state index in [1.54, 1.807) is 4.68 Å². The van der Waals surface area contributed by atoms with E-state index in [-0.39, 0.29) is 6.10 Å². The van der Waals surface area contributed by atoms with Gasteiger partial charge in [0.15, 0.2) is 11.5 Å². The van der Waals surface area contributed by atoms with Crippen LogP contribution in [0.3, 0.4) is 0 Å². The largest absolute Gasteiger partial charge is 0.367 e. The van der Waals surface area contributed by atoms with Crippen LogP contribution in [0.5, 0.6) is 0 Å².